The fourth-order valence-corrected chi connectivity index (χ4v) is 2.71. The Balaban J connectivity index is 1.91. The Hall–Kier alpha value is -1.62. The summed E-state index contributed by atoms with van der Waals surface area (Å²) in [7, 11) is 0. The molecule has 0 aliphatic heterocycles. The number of rotatable bonds is 4. The highest BCUT2D eigenvalue weighted by atomic mass is 16.3. The first-order valence-electron chi connectivity index (χ1n) is 6.78. The lowest BCUT2D eigenvalue weighted by atomic mass is 9.79. The molecule has 0 spiro atoms. The first kappa shape index (κ1) is 13.8. The van der Waals surface area contributed by atoms with Crippen LogP contribution in [0.1, 0.15) is 36.0 Å². The van der Waals surface area contributed by atoms with E-state index in [1.165, 1.54) is 12.3 Å². The molecule has 1 fully saturated rings. The summed E-state index contributed by atoms with van der Waals surface area (Å²) >= 11 is 0. The van der Waals surface area contributed by atoms with Gasteiger partial charge in [-0.25, -0.2) is 0 Å². The zero-order valence-corrected chi connectivity index (χ0v) is 10.9. The maximum absolute atomic E-state index is 11.9. The van der Waals surface area contributed by atoms with Crippen LogP contribution in [0.4, 0.5) is 0 Å². The molecule has 5 heteroatoms. The number of amides is 1. The number of H-pyrrole nitrogens is 1. The summed E-state index contributed by atoms with van der Waals surface area (Å²) in [4.78, 5) is 25.5. The van der Waals surface area contributed by atoms with Gasteiger partial charge in [0.25, 0.3) is 5.91 Å². The maximum atomic E-state index is 11.9. The molecule has 5 nitrogen and oxygen atoms in total. The van der Waals surface area contributed by atoms with E-state index in [1.54, 1.807) is 6.07 Å². The highest BCUT2D eigenvalue weighted by molar-refractivity contribution is 5.93. The number of carbonyl (C=O) groups excluding carboxylic acids is 1. The summed E-state index contributed by atoms with van der Waals surface area (Å²) in [6, 6.07) is 2.88. The number of hydrogen-bond donors (Lipinski definition) is 3. The van der Waals surface area contributed by atoms with Crippen molar-refractivity contribution in [3.8, 4) is 0 Å². The predicted octanol–water partition coefficient (Wildman–Crippen LogP) is 0.903. The smallest absolute Gasteiger partial charge is 0.251 e. The molecular formula is C14H20N2O3. The van der Waals surface area contributed by atoms with Crippen molar-refractivity contribution in [1.82, 2.24) is 10.3 Å². The van der Waals surface area contributed by atoms with Crippen molar-refractivity contribution >= 4 is 5.91 Å². The quantitative estimate of drug-likeness (QED) is 0.755. The summed E-state index contributed by atoms with van der Waals surface area (Å²) in [5.74, 6) is 0.395. The highest BCUT2D eigenvalue weighted by Gasteiger charge is 2.24. The van der Waals surface area contributed by atoms with Gasteiger partial charge in [-0.05, 0) is 30.7 Å². The number of hydrogen-bond acceptors (Lipinski definition) is 3. The van der Waals surface area contributed by atoms with Crippen LogP contribution in [-0.4, -0.2) is 29.1 Å². The predicted molar refractivity (Wildman–Crippen MR) is 71.9 cm³/mol. The first-order valence-corrected chi connectivity index (χ1v) is 6.78. The minimum absolute atomic E-state index is 0.186. The number of carbonyl (C=O) groups is 1. The number of aliphatic hydroxyl groups is 1. The van der Waals surface area contributed by atoms with Gasteiger partial charge in [0.15, 0.2) is 0 Å². The standard InChI is InChI=1S/C14H20N2O3/c17-9-12-4-2-1-3-11(12)8-16-14(19)10-5-6-15-13(18)7-10/h5-7,11-12,17H,1-4,8-9H2,(H,15,18)(H,16,19). The van der Waals surface area contributed by atoms with Crippen LogP contribution in [0.5, 0.6) is 0 Å². The van der Waals surface area contributed by atoms with Crippen molar-refractivity contribution in [2.75, 3.05) is 13.2 Å². The molecule has 2 atom stereocenters. The Morgan fingerprint density at radius 2 is 2.11 bits per heavy atom. The van der Waals surface area contributed by atoms with Crippen LogP contribution in [0, 0.1) is 11.8 Å². The molecule has 0 saturated heterocycles. The molecule has 0 aromatic carbocycles. The third-order valence-electron chi connectivity index (χ3n) is 3.86. The molecule has 2 rings (SSSR count). The second-order valence-electron chi connectivity index (χ2n) is 5.14. The second kappa shape index (κ2) is 6.52. The molecule has 19 heavy (non-hydrogen) atoms. The molecule has 1 aliphatic rings. The summed E-state index contributed by atoms with van der Waals surface area (Å²) in [6.07, 6.45) is 5.85. The zero-order valence-electron chi connectivity index (χ0n) is 10.9. The van der Waals surface area contributed by atoms with Gasteiger partial charge < -0.3 is 15.4 Å². The summed E-state index contributed by atoms with van der Waals surface area (Å²) < 4.78 is 0. The third kappa shape index (κ3) is 3.67. The SMILES string of the molecule is O=C(NCC1CCCCC1CO)c1cc[nH]c(=O)c1. The third-order valence-corrected chi connectivity index (χ3v) is 3.86. The van der Waals surface area contributed by atoms with Gasteiger partial charge in [-0.3, -0.25) is 9.59 Å². The van der Waals surface area contributed by atoms with E-state index in [0.717, 1.165) is 25.7 Å². The Kier molecular flexibility index (Phi) is 4.74. The Morgan fingerprint density at radius 1 is 1.37 bits per heavy atom. The minimum Gasteiger partial charge on any atom is -0.396 e. The fourth-order valence-electron chi connectivity index (χ4n) is 2.71. The Bertz CT molecular complexity index is 484. The average molecular weight is 264 g/mol. The monoisotopic (exact) mass is 264 g/mol. The normalized spacial score (nSPS) is 23.0. The number of aromatic nitrogens is 1. The Labute approximate surface area is 112 Å². The number of aliphatic hydroxyl groups excluding tert-OH is 1. The molecule has 0 bridgehead atoms. The Morgan fingerprint density at radius 3 is 2.79 bits per heavy atom. The number of pyridine rings is 1. The van der Waals surface area contributed by atoms with Crippen LogP contribution in [-0.2, 0) is 0 Å². The average Bonchev–Trinajstić information content (AvgIpc) is 2.45. The summed E-state index contributed by atoms with van der Waals surface area (Å²) in [5.41, 5.74) is 0.0960. The number of nitrogens with one attached hydrogen (secondary N) is 2. The molecule has 1 aromatic rings. The minimum atomic E-state index is -0.279. The maximum Gasteiger partial charge on any atom is 0.251 e. The lowest BCUT2D eigenvalue weighted by Gasteiger charge is -2.30. The molecule has 2 unspecified atom stereocenters. The van der Waals surface area contributed by atoms with E-state index in [2.05, 4.69) is 10.3 Å². The second-order valence-corrected chi connectivity index (χ2v) is 5.14. The van der Waals surface area contributed by atoms with Gasteiger partial charge in [-0.1, -0.05) is 12.8 Å². The van der Waals surface area contributed by atoms with E-state index in [4.69, 9.17) is 0 Å². The van der Waals surface area contributed by atoms with Crippen molar-refractivity contribution in [1.29, 1.82) is 0 Å². The molecule has 1 heterocycles. The van der Waals surface area contributed by atoms with E-state index in [-0.39, 0.29) is 24.0 Å². The van der Waals surface area contributed by atoms with Crippen molar-refractivity contribution in [3.63, 3.8) is 0 Å². The van der Waals surface area contributed by atoms with Gasteiger partial charge in [0.2, 0.25) is 5.56 Å². The van der Waals surface area contributed by atoms with E-state index in [1.807, 2.05) is 0 Å². The largest absolute Gasteiger partial charge is 0.396 e. The van der Waals surface area contributed by atoms with E-state index < -0.39 is 0 Å². The lowest BCUT2D eigenvalue weighted by molar-refractivity contribution is 0.0909. The molecule has 3 N–H and O–H groups in total. The van der Waals surface area contributed by atoms with Crippen LogP contribution in [0.15, 0.2) is 23.1 Å². The topological polar surface area (TPSA) is 82.2 Å². The van der Waals surface area contributed by atoms with Crippen LogP contribution >= 0.6 is 0 Å². The summed E-state index contributed by atoms with van der Waals surface area (Å²) in [5, 5.41) is 12.2. The first-order chi connectivity index (χ1) is 9.20. The van der Waals surface area contributed by atoms with Crippen LogP contribution in [0.3, 0.4) is 0 Å². The van der Waals surface area contributed by atoms with E-state index in [9.17, 15) is 14.7 Å². The molecule has 1 amide bonds. The van der Waals surface area contributed by atoms with Crippen LogP contribution in [0.25, 0.3) is 0 Å². The van der Waals surface area contributed by atoms with Gasteiger partial charge in [0.1, 0.15) is 0 Å². The molecule has 1 saturated carbocycles. The van der Waals surface area contributed by atoms with Crippen LogP contribution in [0.2, 0.25) is 0 Å². The number of aromatic amines is 1. The van der Waals surface area contributed by atoms with Gasteiger partial charge >= 0.3 is 0 Å². The molecule has 1 aromatic heterocycles. The van der Waals surface area contributed by atoms with Gasteiger partial charge in [0, 0.05) is 31.0 Å². The van der Waals surface area contributed by atoms with Crippen molar-refractivity contribution in [2.45, 2.75) is 25.7 Å². The van der Waals surface area contributed by atoms with E-state index in [0.29, 0.717) is 18.0 Å². The highest BCUT2D eigenvalue weighted by Crippen LogP contribution is 2.29. The molecule has 1 aliphatic carbocycles. The molecular weight excluding hydrogens is 244 g/mol. The molecule has 104 valence electrons. The van der Waals surface area contributed by atoms with Crippen LogP contribution < -0.4 is 10.9 Å². The van der Waals surface area contributed by atoms with Gasteiger partial charge in [-0.15, -0.1) is 0 Å². The van der Waals surface area contributed by atoms with Gasteiger partial charge in [0.05, 0.1) is 0 Å². The van der Waals surface area contributed by atoms with E-state index >= 15 is 0 Å². The van der Waals surface area contributed by atoms with Crippen molar-refractivity contribution < 1.29 is 9.90 Å². The van der Waals surface area contributed by atoms with Crippen molar-refractivity contribution in [2.24, 2.45) is 11.8 Å². The fraction of sp³-hybridized carbons (Fsp3) is 0.571. The van der Waals surface area contributed by atoms with Gasteiger partial charge in [-0.2, -0.15) is 0 Å². The summed E-state index contributed by atoms with van der Waals surface area (Å²) in [6.45, 7) is 0.752. The molecule has 0 radical (unpaired) electrons. The lowest BCUT2D eigenvalue weighted by Crippen LogP contribution is -2.35. The zero-order chi connectivity index (χ0) is 13.7. The van der Waals surface area contributed by atoms with Crippen molar-refractivity contribution in [3.05, 3.63) is 34.2 Å².